The van der Waals surface area contributed by atoms with Gasteiger partial charge in [0.15, 0.2) is 5.41 Å². The minimum atomic E-state index is -1.50. The second-order valence-corrected chi connectivity index (χ2v) is 6.87. The lowest BCUT2D eigenvalue weighted by Crippen LogP contribution is -2.56. The maximum atomic E-state index is 13.2. The zero-order chi connectivity index (χ0) is 20.7. The normalized spacial score (nSPS) is 18.8. The van der Waals surface area contributed by atoms with Crippen LogP contribution in [0.2, 0.25) is 0 Å². The molecule has 1 unspecified atom stereocenters. The van der Waals surface area contributed by atoms with E-state index < -0.39 is 23.4 Å². The van der Waals surface area contributed by atoms with Gasteiger partial charge in [-0.1, -0.05) is 60.7 Å². The molecule has 6 nitrogen and oxygen atoms in total. The molecule has 1 aliphatic rings. The van der Waals surface area contributed by atoms with E-state index in [1.165, 1.54) is 0 Å². The summed E-state index contributed by atoms with van der Waals surface area (Å²) in [6.45, 7) is 4.46. The van der Waals surface area contributed by atoms with Crippen molar-refractivity contribution in [3.05, 3.63) is 71.8 Å². The Labute approximate surface area is 171 Å². The summed E-state index contributed by atoms with van der Waals surface area (Å²) in [6, 6.07) is 18.6. The maximum Gasteiger partial charge on any atom is 0.325 e. The minimum absolute atomic E-state index is 0.182. The quantitative estimate of drug-likeness (QED) is 0.525. The average Bonchev–Trinajstić information content (AvgIpc) is 2.75. The van der Waals surface area contributed by atoms with Crippen molar-refractivity contribution < 1.29 is 23.9 Å². The summed E-state index contributed by atoms with van der Waals surface area (Å²) in [5.41, 5.74) is 0.307. The molecule has 2 aromatic carbocycles. The van der Waals surface area contributed by atoms with Gasteiger partial charge in [0.2, 0.25) is 0 Å². The first kappa shape index (κ1) is 21.0. The SMILES string of the molecule is CCOC(=O)C1(C(=O)OCC)CCON(Cc2ccccc2)C1c1ccccc1. The lowest BCUT2D eigenvalue weighted by molar-refractivity contribution is -0.263. The molecule has 0 aromatic heterocycles. The highest BCUT2D eigenvalue weighted by Gasteiger charge is 2.59. The molecule has 0 bridgehead atoms. The molecule has 2 aromatic rings. The Morgan fingerprint density at radius 2 is 1.52 bits per heavy atom. The summed E-state index contributed by atoms with van der Waals surface area (Å²) in [4.78, 5) is 32.4. The van der Waals surface area contributed by atoms with Gasteiger partial charge in [0.1, 0.15) is 0 Å². The Morgan fingerprint density at radius 1 is 0.966 bits per heavy atom. The van der Waals surface area contributed by atoms with Crippen LogP contribution in [0.4, 0.5) is 0 Å². The van der Waals surface area contributed by atoms with Crippen LogP contribution in [0.1, 0.15) is 37.4 Å². The molecule has 1 saturated heterocycles. The van der Waals surface area contributed by atoms with Crippen LogP contribution in [-0.2, 0) is 30.4 Å². The summed E-state index contributed by atoms with van der Waals surface area (Å²) < 4.78 is 10.8. The highest BCUT2D eigenvalue weighted by molar-refractivity contribution is 6.01. The lowest BCUT2D eigenvalue weighted by atomic mass is 9.73. The van der Waals surface area contributed by atoms with E-state index in [0.717, 1.165) is 11.1 Å². The molecule has 0 spiro atoms. The van der Waals surface area contributed by atoms with Crippen LogP contribution in [0.25, 0.3) is 0 Å². The number of benzene rings is 2. The van der Waals surface area contributed by atoms with Crippen LogP contribution < -0.4 is 0 Å². The Kier molecular flexibility index (Phi) is 7.01. The number of hydroxylamine groups is 2. The maximum absolute atomic E-state index is 13.2. The summed E-state index contributed by atoms with van der Waals surface area (Å²) in [5.74, 6) is -1.15. The third-order valence-electron chi connectivity index (χ3n) is 5.08. The molecule has 6 heteroatoms. The fourth-order valence-electron chi connectivity index (χ4n) is 3.80. The fourth-order valence-corrected chi connectivity index (χ4v) is 3.80. The van der Waals surface area contributed by atoms with Crippen molar-refractivity contribution >= 4 is 11.9 Å². The number of hydrogen-bond donors (Lipinski definition) is 0. The number of carbonyl (C=O) groups is 2. The van der Waals surface area contributed by atoms with E-state index in [0.29, 0.717) is 6.54 Å². The second kappa shape index (κ2) is 9.67. The predicted molar refractivity (Wildman–Crippen MR) is 107 cm³/mol. The summed E-state index contributed by atoms with van der Waals surface area (Å²) in [6.07, 6.45) is 0.190. The van der Waals surface area contributed by atoms with Crippen molar-refractivity contribution in [1.82, 2.24) is 5.06 Å². The van der Waals surface area contributed by atoms with Crippen LogP contribution in [0, 0.1) is 5.41 Å². The average molecular weight is 397 g/mol. The van der Waals surface area contributed by atoms with Crippen LogP contribution in [-0.4, -0.2) is 36.8 Å². The van der Waals surface area contributed by atoms with Gasteiger partial charge in [-0.2, -0.15) is 5.06 Å². The molecule has 1 aliphatic heterocycles. The zero-order valence-corrected chi connectivity index (χ0v) is 16.9. The van der Waals surface area contributed by atoms with Crippen molar-refractivity contribution in [1.29, 1.82) is 0 Å². The standard InChI is InChI=1S/C23H27NO5/c1-3-27-21(25)23(22(26)28-4-2)15-16-29-24(17-18-11-7-5-8-12-18)20(23)19-13-9-6-10-14-19/h5-14,20H,3-4,15-17H2,1-2H3. The van der Waals surface area contributed by atoms with Gasteiger partial charge in [-0.25, -0.2) is 0 Å². The van der Waals surface area contributed by atoms with Gasteiger partial charge < -0.3 is 9.47 Å². The van der Waals surface area contributed by atoms with E-state index in [9.17, 15) is 9.59 Å². The molecule has 0 saturated carbocycles. The summed E-state index contributed by atoms with van der Waals surface area (Å²) >= 11 is 0. The van der Waals surface area contributed by atoms with E-state index in [4.69, 9.17) is 14.3 Å². The third-order valence-corrected chi connectivity index (χ3v) is 5.08. The van der Waals surface area contributed by atoms with Crippen molar-refractivity contribution in [3.8, 4) is 0 Å². The molecule has 1 heterocycles. The molecule has 0 amide bonds. The number of nitrogens with zero attached hydrogens (tertiary/aromatic N) is 1. The first-order chi connectivity index (χ1) is 14.1. The second-order valence-electron chi connectivity index (χ2n) is 6.87. The molecule has 0 aliphatic carbocycles. The van der Waals surface area contributed by atoms with Crippen LogP contribution in [0.15, 0.2) is 60.7 Å². The minimum Gasteiger partial charge on any atom is -0.465 e. The van der Waals surface area contributed by atoms with Crippen molar-refractivity contribution in [2.24, 2.45) is 5.41 Å². The molecular formula is C23H27NO5. The largest absolute Gasteiger partial charge is 0.465 e. The van der Waals surface area contributed by atoms with Crippen molar-refractivity contribution in [3.63, 3.8) is 0 Å². The van der Waals surface area contributed by atoms with Gasteiger partial charge in [-0.15, -0.1) is 0 Å². The molecule has 3 rings (SSSR count). The van der Waals surface area contributed by atoms with E-state index in [2.05, 4.69) is 0 Å². The number of ether oxygens (including phenoxy) is 2. The third kappa shape index (κ3) is 4.33. The molecule has 154 valence electrons. The Hall–Kier alpha value is -2.70. The highest BCUT2D eigenvalue weighted by Crippen LogP contribution is 2.47. The number of esters is 2. The van der Waals surface area contributed by atoms with Gasteiger partial charge in [-0.05, 0) is 25.0 Å². The highest BCUT2D eigenvalue weighted by atomic mass is 16.7. The van der Waals surface area contributed by atoms with Gasteiger partial charge in [0, 0.05) is 13.0 Å². The summed E-state index contributed by atoms with van der Waals surface area (Å²) in [7, 11) is 0. The van der Waals surface area contributed by atoms with Crippen LogP contribution in [0.3, 0.4) is 0 Å². The van der Waals surface area contributed by atoms with Crippen LogP contribution in [0.5, 0.6) is 0 Å². The van der Waals surface area contributed by atoms with E-state index in [-0.39, 0.29) is 26.2 Å². The molecule has 0 radical (unpaired) electrons. The molecule has 29 heavy (non-hydrogen) atoms. The summed E-state index contributed by atoms with van der Waals surface area (Å²) in [5, 5.41) is 1.71. The number of hydrogen-bond acceptors (Lipinski definition) is 6. The van der Waals surface area contributed by atoms with Gasteiger partial charge in [-0.3, -0.25) is 14.4 Å². The Bertz CT molecular complexity index is 791. The topological polar surface area (TPSA) is 65.1 Å². The monoisotopic (exact) mass is 397 g/mol. The number of rotatable bonds is 7. The lowest BCUT2D eigenvalue weighted by Gasteiger charge is -2.45. The van der Waals surface area contributed by atoms with Gasteiger partial charge in [0.05, 0.1) is 25.9 Å². The first-order valence-corrected chi connectivity index (χ1v) is 9.96. The van der Waals surface area contributed by atoms with E-state index in [1.54, 1.807) is 18.9 Å². The van der Waals surface area contributed by atoms with E-state index >= 15 is 0 Å². The molecule has 0 N–H and O–H groups in total. The molecule has 1 atom stereocenters. The Balaban J connectivity index is 2.10. The number of carbonyl (C=O) groups excluding carboxylic acids is 2. The Morgan fingerprint density at radius 3 is 2.07 bits per heavy atom. The molecular weight excluding hydrogens is 370 g/mol. The molecule has 1 fully saturated rings. The predicted octanol–water partition coefficient (Wildman–Crippen LogP) is 3.68. The zero-order valence-electron chi connectivity index (χ0n) is 16.9. The van der Waals surface area contributed by atoms with Crippen molar-refractivity contribution in [2.75, 3.05) is 19.8 Å². The smallest absolute Gasteiger partial charge is 0.325 e. The first-order valence-electron chi connectivity index (χ1n) is 9.96. The van der Waals surface area contributed by atoms with E-state index in [1.807, 2.05) is 60.7 Å². The van der Waals surface area contributed by atoms with Crippen LogP contribution >= 0.6 is 0 Å². The van der Waals surface area contributed by atoms with Crippen molar-refractivity contribution in [2.45, 2.75) is 32.9 Å². The fraction of sp³-hybridized carbons (Fsp3) is 0.391. The van der Waals surface area contributed by atoms with Gasteiger partial charge >= 0.3 is 11.9 Å². The van der Waals surface area contributed by atoms with Gasteiger partial charge in [0.25, 0.3) is 0 Å².